The molecule has 0 aromatic heterocycles. The molecule has 0 saturated carbocycles. The number of rotatable bonds is 3. The molecule has 0 aliphatic carbocycles. The minimum absolute atomic E-state index is 0.431. The molecule has 0 amide bonds. The van der Waals surface area contributed by atoms with Crippen LogP contribution in [0.2, 0.25) is 5.02 Å². The minimum Gasteiger partial charge on any atom is -0.381 e. The van der Waals surface area contributed by atoms with Crippen LogP contribution in [0, 0.1) is 22.7 Å². The molecule has 4 heteroatoms. The Morgan fingerprint density at radius 2 is 1.74 bits per heavy atom. The molecule has 19 heavy (non-hydrogen) atoms. The van der Waals surface area contributed by atoms with E-state index in [9.17, 15) is 0 Å². The molecule has 0 atom stereocenters. The molecule has 0 fully saturated rings. The number of hydrogen-bond donors (Lipinski definition) is 1. The van der Waals surface area contributed by atoms with Crippen molar-refractivity contribution in [3.63, 3.8) is 0 Å². The summed E-state index contributed by atoms with van der Waals surface area (Å²) < 4.78 is 0. The van der Waals surface area contributed by atoms with Gasteiger partial charge in [-0.15, -0.1) is 0 Å². The van der Waals surface area contributed by atoms with Crippen molar-refractivity contribution in [3.05, 3.63) is 64.2 Å². The largest absolute Gasteiger partial charge is 0.381 e. The average Bonchev–Trinajstić information content (AvgIpc) is 2.46. The number of nitriles is 2. The van der Waals surface area contributed by atoms with E-state index in [2.05, 4.69) is 11.4 Å². The maximum Gasteiger partial charge on any atom is 0.101 e. The summed E-state index contributed by atoms with van der Waals surface area (Å²) in [6.45, 7) is 0.524. The molecular weight excluding hydrogens is 258 g/mol. The molecule has 0 aliphatic heterocycles. The van der Waals surface area contributed by atoms with E-state index < -0.39 is 0 Å². The summed E-state index contributed by atoms with van der Waals surface area (Å²) in [5.74, 6) is 0. The zero-order valence-corrected chi connectivity index (χ0v) is 10.8. The Bertz CT molecular complexity index is 681. The standard InChI is InChI=1S/C15H10ClN3/c16-15-6-5-14(7-13(15)9-18)19-10-12-4-2-1-3-11(12)8-17/h1-7,19H,10H2. The zero-order chi connectivity index (χ0) is 13.7. The monoisotopic (exact) mass is 267 g/mol. The summed E-state index contributed by atoms with van der Waals surface area (Å²) in [6.07, 6.45) is 0. The van der Waals surface area contributed by atoms with Crippen LogP contribution in [0.1, 0.15) is 16.7 Å². The van der Waals surface area contributed by atoms with Gasteiger partial charge < -0.3 is 5.32 Å². The Morgan fingerprint density at radius 1 is 1.00 bits per heavy atom. The second-order valence-corrected chi connectivity index (χ2v) is 4.34. The summed E-state index contributed by atoms with van der Waals surface area (Å²) >= 11 is 5.87. The number of anilines is 1. The number of nitrogens with zero attached hydrogens (tertiary/aromatic N) is 2. The molecule has 0 saturated heterocycles. The predicted octanol–water partition coefficient (Wildman–Crippen LogP) is 3.70. The van der Waals surface area contributed by atoms with Crippen LogP contribution >= 0.6 is 11.6 Å². The maximum absolute atomic E-state index is 9.00. The fourth-order valence-corrected chi connectivity index (χ4v) is 1.86. The van der Waals surface area contributed by atoms with Gasteiger partial charge >= 0.3 is 0 Å². The smallest absolute Gasteiger partial charge is 0.101 e. The van der Waals surface area contributed by atoms with Gasteiger partial charge in [-0.05, 0) is 29.8 Å². The molecule has 3 nitrogen and oxygen atoms in total. The molecule has 0 heterocycles. The van der Waals surface area contributed by atoms with Crippen LogP contribution in [-0.4, -0.2) is 0 Å². The van der Waals surface area contributed by atoms with Crippen LogP contribution in [0.15, 0.2) is 42.5 Å². The van der Waals surface area contributed by atoms with Crippen molar-refractivity contribution in [1.29, 1.82) is 10.5 Å². The Morgan fingerprint density at radius 3 is 2.47 bits per heavy atom. The molecule has 0 spiro atoms. The molecule has 2 rings (SSSR count). The van der Waals surface area contributed by atoms with Crippen LogP contribution in [0.25, 0.3) is 0 Å². The summed E-state index contributed by atoms with van der Waals surface area (Å²) in [6, 6.07) is 16.8. The van der Waals surface area contributed by atoms with Gasteiger partial charge in [0.2, 0.25) is 0 Å². The number of benzene rings is 2. The Hall–Kier alpha value is -2.49. The second-order valence-electron chi connectivity index (χ2n) is 3.93. The van der Waals surface area contributed by atoms with Crippen LogP contribution in [0.3, 0.4) is 0 Å². The summed E-state index contributed by atoms with van der Waals surface area (Å²) in [4.78, 5) is 0. The van der Waals surface area contributed by atoms with Crippen molar-refractivity contribution in [1.82, 2.24) is 0 Å². The third-order valence-corrected chi connectivity index (χ3v) is 3.04. The predicted molar refractivity (Wildman–Crippen MR) is 74.7 cm³/mol. The number of hydrogen-bond acceptors (Lipinski definition) is 3. The van der Waals surface area contributed by atoms with E-state index in [1.54, 1.807) is 24.3 Å². The summed E-state index contributed by atoms with van der Waals surface area (Å²) in [5, 5.41) is 21.5. The molecule has 2 aromatic rings. The van der Waals surface area contributed by atoms with E-state index in [1.807, 2.05) is 24.3 Å². The Labute approximate surface area is 116 Å². The van der Waals surface area contributed by atoms with Gasteiger partial charge in [0, 0.05) is 12.2 Å². The fraction of sp³-hybridized carbons (Fsp3) is 0.0667. The molecule has 0 unspecified atom stereocenters. The maximum atomic E-state index is 9.00. The van der Waals surface area contributed by atoms with Crippen molar-refractivity contribution >= 4 is 17.3 Å². The highest BCUT2D eigenvalue weighted by molar-refractivity contribution is 6.31. The van der Waals surface area contributed by atoms with Crippen molar-refractivity contribution in [2.75, 3.05) is 5.32 Å². The topological polar surface area (TPSA) is 59.6 Å². The third-order valence-electron chi connectivity index (χ3n) is 2.71. The van der Waals surface area contributed by atoms with Gasteiger partial charge in [-0.1, -0.05) is 29.8 Å². The Kier molecular flexibility index (Phi) is 4.03. The quantitative estimate of drug-likeness (QED) is 0.922. The van der Waals surface area contributed by atoms with Gasteiger partial charge in [0.25, 0.3) is 0 Å². The van der Waals surface area contributed by atoms with E-state index in [0.717, 1.165) is 11.3 Å². The van der Waals surface area contributed by atoms with E-state index in [4.69, 9.17) is 22.1 Å². The number of halogens is 1. The van der Waals surface area contributed by atoms with E-state index in [0.29, 0.717) is 22.7 Å². The highest BCUT2D eigenvalue weighted by Gasteiger charge is 2.03. The first-order valence-electron chi connectivity index (χ1n) is 5.66. The Balaban J connectivity index is 2.16. The first-order valence-corrected chi connectivity index (χ1v) is 6.04. The molecule has 92 valence electrons. The lowest BCUT2D eigenvalue weighted by molar-refractivity contribution is 1.14. The SMILES string of the molecule is N#Cc1cc(NCc2ccccc2C#N)ccc1Cl. The molecule has 1 N–H and O–H groups in total. The van der Waals surface area contributed by atoms with Crippen molar-refractivity contribution in [2.24, 2.45) is 0 Å². The highest BCUT2D eigenvalue weighted by atomic mass is 35.5. The molecule has 2 aromatic carbocycles. The van der Waals surface area contributed by atoms with E-state index in [1.165, 1.54) is 0 Å². The molecule has 0 aliphatic rings. The molecule has 0 bridgehead atoms. The first kappa shape index (κ1) is 13.0. The normalized spacial score (nSPS) is 9.42. The third kappa shape index (κ3) is 3.04. The molecule has 0 radical (unpaired) electrons. The van der Waals surface area contributed by atoms with Crippen molar-refractivity contribution in [2.45, 2.75) is 6.54 Å². The second kappa shape index (κ2) is 5.91. The average molecular weight is 268 g/mol. The van der Waals surface area contributed by atoms with Crippen molar-refractivity contribution in [3.8, 4) is 12.1 Å². The van der Waals surface area contributed by atoms with Crippen LogP contribution in [0.5, 0.6) is 0 Å². The van der Waals surface area contributed by atoms with Crippen molar-refractivity contribution < 1.29 is 0 Å². The van der Waals surface area contributed by atoms with Gasteiger partial charge in [-0.25, -0.2) is 0 Å². The van der Waals surface area contributed by atoms with Gasteiger partial charge in [0.15, 0.2) is 0 Å². The minimum atomic E-state index is 0.431. The van der Waals surface area contributed by atoms with Gasteiger partial charge in [-0.3, -0.25) is 0 Å². The van der Waals surface area contributed by atoms with Gasteiger partial charge in [-0.2, -0.15) is 10.5 Å². The lowest BCUT2D eigenvalue weighted by Crippen LogP contribution is -2.01. The number of nitrogens with one attached hydrogen (secondary N) is 1. The first-order chi connectivity index (χ1) is 9.24. The molecular formula is C15H10ClN3. The van der Waals surface area contributed by atoms with Crippen LogP contribution in [0.4, 0.5) is 5.69 Å². The van der Waals surface area contributed by atoms with Gasteiger partial charge in [0.1, 0.15) is 6.07 Å². The lowest BCUT2D eigenvalue weighted by Gasteiger charge is -2.08. The van der Waals surface area contributed by atoms with Gasteiger partial charge in [0.05, 0.1) is 22.2 Å². The van der Waals surface area contributed by atoms with Crippen LogP contribution in [-0.2, 0) is 6.54 Å². The van der Waals surface area contributed by atoms with E-state index in [-0.39, 0.29) is 0 Å². The zero-order valence-electron chi connectivity index (χ0n) is 10.0. The fourth-order valence-electron chi connectivity index (χ4n) is 1.70. The lowest BCUT2D eigenvalue weighted by atomic mass is 10.1. The van der Waals surface area contributed by atoms with Crippen LogP contribution < -0.4 is 5.32 Å². The highest BCUT2D eigenvalue weighted by Crippen LogP contribution is 2.20. The summed E-state index contributed by atoms with van der Waals surface area (Å²) in [7, 11) is 0. The van der Waals surface area contributed by atoms with E-state index >= 15 is 0 Å². The summed E-state index contributed by atoms with van der Waals surface area (Å²) in [5.41, 5.74) is 2.79.